The fourth-order valence-electron chi connectivity index (χ4n) is 0.744. The van der Waals surface area contributed by atoms with Crippen LogP contribution < -0.4 is 5.32 Å². The van der Waals surface area contributed by atoms with Crippen LogP contribution >= 0.6 is 27.3 Å². The predicted octanol–water partition coefficient (Wildman–Crippen LogP) is 3.25. The molecule has 4 nitrogen and oxygen atoms in total. The smallest absolute Gasteiger partial charge is 0.413 e. The molecule has 0 unspecified atom stereocenters. The minimum atomic E-state index is -0.444. The Morgan fingerprint density at radius 3 is 3.14 bits per heavy atom. The lowest BCUT2D eigenvalue weighted by Crippen LogP contribution is -2.14. The summed E-state index contributed by atoms with van der Waals surface area (Å²) in [5.74, 6) is 0. The Morgan fingerprint density at radius 1 is 1.79 bits per heavy atom. The molecular formula is C8H11BrN2O2S. The Kier molecular flexibility index (Phi) is 4.89. The summed E-state index contributed by atoms with van der Waals surface area (Å²) in [6.45, 7) is 2.49. The van der Waals surface area contributed by atoms with Crippen molar-refractivity contribution < 1.29 is 9.53 Å². The number of unbranched alkanes of at least 4 members (excludes halogenated alkanes) is 1. The summed E-state index contributed by atoms with van der Waals surface area (Å²) in [6.07, 6.45) is 1.45. The zero-order chi connectivity index (χ0) is 10.4. The number of nitrogens with zero attached hydrogens (tertiary/aromatic N) is 1. The zero-order valence-corrected chi connectivity index (χ0v) is 10.2. The summed E-state index contributed by atoms with van der Waals surface area (Å²) < 4.78 is 5.61. The monoisotopic (exact) mass is 278 g/mol. The summed E-state index contributed by atoms with van der Waals surface area (Å²) in [6, 6.07) is 0. The minimum Gasteiger partial charge on any atom is -0.449 e. The van der Waals surface area contributed by atoms with Gasteiger partial charge in [0, 0.05) is 5.38 Å². The molecule has 0 saturated carbocycles. The largest absolute Gasteiger partial charge is 0.449 e. The van der Waals surface area contributed by atoms with Gasteiger partial charge in [0.1, 0.15) is 4.60 Å². The number of carbonyl (C=O) groups excluding carboxylic acids is 1. The summed E-state index contributed by atoms with van der Waals surface area (Å²) in [7, 11) is 0. The highest BCUT2D eigenvalue weighted by Gasteiger charge is 2.05. The minimum absolute atomic E-state index is 0.444. The highest BCUT2D eigenvalue weighted by atomic mass is 79.9. The second-order valence-electron chi connectivity index (χ2n) is 2.59. The molecule has 0 aliphatic rings. The number of ether oxygens (including phenoxy) is 1. The number of nitrogens with one attached hydrogen (secondary N) is 1. The average molecular weight is 279 g/mol. The van der Waals surface area contributed by atoms with Crippen molar-refractivity contribution in [1.29, 1.82) is 0 Å². The van der Waals surface area contributed by atoms with Gasteiger partial charge in [-0.3, -0.25) is 5.32 Å². The molecule has 6 heteroatoms. The van der Waals surface area contributed by atoms with Crippen LogP contribution in [-0.4, -0.2) is 17.7 Å². The third kappa shape index (κ3) is 4.06. The van der Waals surface area contributed by atoms with Gasteiger partial charge in [0.2, 0.25) is 0 Å². The molecule has 0 saturated heterocycles. The summed E-state index contributed by atoms with van der Waals surface area (Å²) in [5, 5.41) is 4.87. The first kappa shape index (κ1) is 11.5. The summed E-state index contributed by atoms with van der Waals surface area (Å²) in [4.78, 5) is 15.1. The molecule has 1 heterocycles. The lowest BCUT2D eigenvalue weighted by molar-refractivity contribution is 0.160. The van der Waals surface area contributed by atoms with E-state index in [1.807, 2.05) is 6.92 Å². The second-order valence-corrected chi connectivity index (χ2v) is 4.26. The number of hydrogen-bond donors (Lipinski definition) is 1. The summed E-state index contributed by atoms with van der Waals surface area (Å²) in [5.41, 5.74) is 0. The van der Waals surface area contributed by atoms with Crippen molar-refractivity contribution in [2.45, 2.75) is 19.8 Å². The Hall–Kier alpha value is -0.620. The molecule has 14 heavy (non-hydrogen) atoms. The van der Waals surface area contributed by atoms with Crippen LogP contribution in [0, 0.1) is 0 Å². The molecule has 0 aromatic carbocycles. The van der Waals surface area contributed by atoms with Crippen LogP contribution in [0.3, 0.4) is 0 Å². The molecule has 0 aliphatic heterocycles. The Morgan fingerprint density at radius 2 is 2.57 bits per heavy atom. The first-order valence-electron chi connectivity index (χ1n) is 4.27. The normalized spacial score (nSPS) is 9.86. The van der Waals surface area contributed by atoms with E-state index in [0.717, 1.165) is 12.8 Å². The van der Waals surface area contributed by atoms with Crippen LogP contribution in [0.15, 0.2) is 9.98 Å². The average Bonchev–Trinajstić information content (AvgIpc) is 2.52. The first-order chi connectivity index (χ1) is 6.72. The fraction of sp³-hybridized carbons (Fsp3) is 0.500. The Balaban J connectivity index is 2.27. The van der Waals surface area contributed by atoms with Gasteiger partial charge in [-0.2, -0.15) is 0 Å². The number of halogens is 1. The van der Waals surface area contributed by atoms with Crippen molar-refractivity contribution in [2.24, 2.45) is 0 Å². The fourth-order valence-corrected chi connectivity index (χ4v) is 1.87. The van der Waals surface area contributed by atoms with Crippen LogP contribution in [0.25, 0.3) is 0 Å². The molecule has 1 aromatic rings. The van der Waals surface area contributed by atoms with E-state index in [1.165, 1.54) is 11.3 Å². The molecule has 1 aromatic heterocycles. The lowest BCUT2D eigenvalue weighted by Gasteiger charge is -2.02. The van der Waals surface area contributed by atoms with Crippen LogP contribution in [0.1, 0.15) is 19.8 Å². The number of anilines is 1. The molecule has 0 spiro atoms. The molecule has 78 valence electrons. The van der Waals surface area contributed by atoms with Gasteiger partial charge in [-0.25, -0.2) is 9.78 Å². The quantitative estimate of drug-likeness (QED) is 0.861. The van der Waals surface area contributed by atoms with E-state index in [1.54, 1.807) is 5.38 Å². The maximum absolute atomic E-state index is 11.1. The molecule has 0 bridgehead atoms. The van der Waals surface area contributed by atoms with Crippen LogP contribution in [0.2, 0.25) is 0 Å². The molecule has 0 fully saturated rings. The molecule has 0 atom stereocenters. The van der Waals surface area contributed by atoms with E-state index >= 15 is 0 Å². The molecule has 1 rings (SSSR count). The van der Waals surface area contributed by atoms with Gasteiger partial charge in [-0.15, -0.1) is 11.3 Å². The van der Waals surface area contributed by atoms with Gasteiger partial charge in [0.25, 0.3) is 0 Å². The molecule has 0 radical (unpaired) electrons. The van der Waals surface area contributed by atoms with Crippen molar-refractivity contribution in [1.82, 2.24) is 4.98 Å². The van der Waals surface area contributed by atoms with E-state index in [0.29, 0.717) is 16.3 Å². The molecule has 1 N–H and O–H groups in total. The van der Waals surface area contributed by atoms with E-state index in [9.17, 15) is 4.79 Å². The first-order valence-corrected chi connectivity index (χ1v) is 5.94. The number of amides is 1. The van der Waals surface area contributed by atoms with Crippen molar-refractivity contribution in [3.05, 3.63) is 9.98 Å². The standard InChI is InChI=1S/C8H11BrN2O2S/c1-2-3-4-13-8(12)11-7-10-6(9)5-14-7/h5H,2-4H2,1H3,(H,10,11,12). The van der Waals surface area contributed by atoms with Gasteiger partial charge in [-0.05, 0) is 22.4 Å². The summed E-state index contributed by atoms with van der Waals surface area (Å²) >= 11 is 4.54. The van der Waals surface area contributed by atoms with Gasteiger partial charge in [-0.1, -0.05) is 13.3 Å². The Labute approximate surface area is 94.8 Å². The maximum atomic E-state index is 11.1. The van der Waals surface area contributed by atoms with Crippen LogP contribution in [-0.2, 0) is 4.74 Å². The lowest BCUT2D eigenvalue weighted by atomic mass is 10.4. The molecule has 0 aliphatic carbocycles. The van der Waals surface area contributed by atoms with Crippen molar-refractivity contribution in [3.8, 4) is 0 Å². The topological polar surface area (TPSA) is 51.2 Å². The van der Waals surface area contributed by atoms with Crippen molar-refractivity contribution >= 4 is 38.5 Å². The molecule has 1 amide bonds. The van der Waals surface area contributed by atoms with Gasteiger partial charge in [0.05, 0.1) is 6.61 Å². The van der Waals surface area contributed by atoms with E-state index in [2.05, 4.69) is 26.2 Å². The zero-order valence-electron chi connectivity index (χ0n) is 7.75. The van der Waals surface area contributed by atoms with Gasteiger partial charge < -0.3 is 4.74 Å². The Bertz CT molecular complexity index is 303. The number of rotatable bonds is 4. The second kappa shape index (κ2) is 5.98. The highest BCUT2D eigenvalue weighted by Crippen LogP contribution is 2.19. The predicted molar refractivity (Wildman–Crippen MR) is 59.7 cm³/mol. The van der Waals surface area contributed by atoms with E-state index < -0.39 is 6.09 Å². The SMILES string of the molecule is CCCCOC(=O)Nc1nc(Br)cs1. The number of carbonyl (C=O) groups is 1. The van der Waals surface area contributed by atoms with Gasteiger partial charge in [0.15, 0.2) is 5.13 Å². The maximum Gasteiger partial charge on any atom is 0.413 e. The van der Waals surface area contributed by atoms with E-state index in [4.69, 9.17) is 4.74 Å². The third-order valence-corrected chi connectivity index (χ3v) is 2.88. The van der Waals surface area contributed by atoms with Crippen molar-refractivity contribution in [3.63, 3.8) is 0 Å². The van der Waals surface area contributed by atoms with Crippen LogP contribution in [0.4, 0.5) is 9.93 Å². The molecular weight excluding hydrogens is 268 g/mol. The number of hydrogen-bond acceptors (Lipinski definition) is 4. The highest BCUT2D eigenvalue weighted by molar-refractivity contribution is 9.10. The third-order valence-electron chi connectivity index (χ3n) is 1.42. The van der Waals surface area contributed by atoms with E-state index in [-0.39, 0.29) is 0 Å². The number of thiazole rings is 1. The van der Waals surface area contributed by atoms with Crippen molar-refractivity contribution in [2.75, 3.05) is 11.9 Å². The van der Waals surface area contributed by atoms with Gasteiger partial charge >= 0.3 is 6.09 Å². The number of aromatic nitrogens is 1. The van der Waals surface area contributed by atoms with Crippen LogP contribution in [0.5, 0.6) is 0 Å².